The average molecular weight is 390 g/mol. The van der Waals surface area contributed by atoms with Gasteiger partial charge < -0.3 is 14.4 Å². The maximum Gasteiger partial charge on any atom is 0.222 e. The number of carbonyl (C=O) groups excluding carboxylic acids is 1. The van der Waals surface area contributed by atoms with Crippen molar-refractivity contribution in [2.45, 2.75) is 44.6 Å². The molecule has 3 heterocycles. The third-order valence-corrected chi connectivity index (χ3v) is 6.60. The fourth-order valence-corrected chi connectivity index (χ4v) is 4.79. The predicted molar refractivity (Wildman–Crippen MR) is 105 cm³/mol. The van der Waals surface area contributed by atoms with Crippen LogP contribution in [-0.2, 0) is 9.53 Å². The summed E-state index contributed by atoms with van der Waals surface area (Å²) in [5.41, 5.74) is 0.279. The van der Waals surface area contributed by atoms with Crippen molar-refractivity contribution in [2.24, 2.45) is 5.41 Å². The van der Waals surface area contributed by atoms with E-state index in [2.05, 4.69) is 9.80 Å². The highest BCUT2D eigenvalue weighted by Crippen LogP contribution is 2.40. The van der Waals surface area contributed by atoms with Gasteiger partial charge in [0, 0.05) is 32.7 Å². The van der Waals surface area contributed by atoms with Crippen LogP contribution in [0.2, 0.25) is 0 Å². The van der Waals surface area contributed by atoms with Gasteiger partial charge in [-0.25, -0.2) is 4.39 Å². The highest BCUT2D eigenvalue weighted by Gasteiger charge is 2.41. The van der Waals surface area contributed by atoms with E-state index in [1.54, 1.807) is 12.1 Å². The summed E-state index contributed by atoms with van der Waals surface area (Å²) in [6.45, 7) is 6.10. The van der Waals surface area contributed by atoms with Gasteiger partial charge >= 0.3 is 0 Å². The van der Waals surface area contributed by atoms with Crippen molar-refractivity contribution in [2.75, 3.05) is 45.9 Å². The number of hydrogen-bond donors (Lipinski definition) is 0. The molecule has 1 aromatic rings. The van der Waals surface area contributed by atoms with Gasteiger partial charge in [0.1, 0.15) is 18.2 Å². The second-order valence-corrected chi connectivity index (χ2v) is 8.55. The van der Waals surface area contributed by atoms with Crippen molar-refractivity contribution in [3.05, 3.63) is 30.1 Å². The molecule has 3 aliphatic heterocycles. The topological polar surface area (TPSA) is 42.0 Å². The van der Waals surface area contributed by atoms with Gasteiger partial charge in [-0.1, -0.05) is 0 Å². The van der Waals surface area contributed by atoms with E-state index in [1.165, 1.54) is 12.1 Å². The minimum Gasteiger partial charge on any atom is -0.492 e. The molecule has 5 nitrogen and oxygen atoms in total. The second kappa shape index (κ2) is 8.78. The van der Waals surface area contributed by atoms with Crippen LogP contribution in [0.25, 0.3) is 0 Å². The number of benzene rings is 1. The van der Waals surface area contributed by atoms with Gasteiger partial charge in [-0.05, 0) is 74.9 Å². The molecule has 0 saturated carbocycles. The molecule has 0 unspecified atom stereocenters. The van der Waals surface area contributed by atoms with E-state index < -0.39 is 0 Å². The quantitative estimate of drug-likeness (QED) is 0.749. The van der Waals surface area contributed by atoms with Gasteiger partial charge in [0.15, 0.2) is 0 Å². The number of ether oxygens (including phenoxy) is 2. The molecule has 1 aromatic carbocycles. The number of amides is 1. The van der Waals surface area contributed by atoms with Crippen LogP contribution in [0.5, 0.6) is 5.75 Å². The van der Waals surface area contributed by atoms with Crippen LogP contribution in [0.4, 0.5) is 4.39 Å². The van der Waals surface area contributed by atoms with Gasteiger partial charge in [0.25, 0.3) is 0 Å². The Bertz CT molecular complexity index is 652. The van der Waals surface area contributed by atoms with Crippen LogP contribution in [-0.4, -0.2) is 67.7 Å². The van der Waals surface area contributed by atoms with Crippen molar-refractivity contribution >= 4 is 5.91 Å². The minimum absolute atomic E-state index is 0.239. The lowest BCUT2D eigenvalue weighted by atomic mass is 9.72. The zero-order valence-corrected chi connectivity index (χ0v) is 16.6. The summed E-state index contributed by atoms with van der Waals surface area (Å²) in [6, 6.07) is 6.18. The molecule has 1 amide bonds. The van der Waals surface area contributed by atoms with Crippen LogP contribution >= 0.6 is 0 Å². The van der Waals surface area contributed by atoms with E-state index in [-0.39, 0.29) is 17.3 Å². The molecule has 4 rings (SSSR count). The lowest BCUT2D eigenvalue weighted by Crippen LogP contribution is -2.53. The standard InChI is InChI=1S/C22H31FN2O3/c23-18-3-5-19(6-4-18)28-15-13-24-11-9-22(10-12-24)8-7-21(26)25(17-22)16-20-2-1-14-27-20/h3-6,20H,1-2,7-17H2/t20-/m0/s1. The molecule has 3 aliphatic rings. The highest BCUT2D eigenvalue weighted by atomic mass is 19.1. The van der Waals surface area contributed by atoms with E-state index in [9.17, 15) is 9.18 Å². The fourth-order valence-electron chi connectivity index (χ4n) is 4.79. The molecule has 0 radical (unpaired) electrons. The summed E-state index contributed by atoms with van der Waals surface area (Å²) in [4.78, 5) is 16.9. The molecule has 154 valence electrons. The first-order valence-corrected chi connectivity index (χ1v) is 10.6. The SMILES string of the molecule is O=C1CCC2(CCN(CCOc3ccc(F)cc3)CC2)CN1C[C@@H]1CCCO1. The molecule has 1 atom stereocenters. The molecule has 3 saturated heterocycles. The molecule has 3 fully saturated rings. The van der Waals surface area contributed by atoms with Crippen molar-refractivity contribution in [3.63, 3.8) is 0 Å². The van der Waals surface area contributed by atoms with Gasteiger partial charge in [0.05, 0.1) is 6.10 Å². The monoisotopic (exact) mass is 390 g/mol. The summed E-state index contributed by atoms with van der Waals surface area (Å²) in [7, 11) is 0. The van der Waals surface area contributed by atoms with Crippen molar-refractivity contribution in [3.8, 4) is 5.75 Å². The highest BCUT2D eigenvalue weighted by molar-refractivity contribution is 5.77. The van der Waals surface area contributed by atoms with E-state index in [0.29, 0.717) is 24.7 Å². The number of piperidine rings is 2. The summed E-state index contributed by atoms with van der Waals surface area (Å²) in [6.07, 6.45) is 6.42. The molecule has 28 heavy (non-hydrogen) atoms. The Morgan fingerprint density at radius 2 is 1.96 bits per heavy atom. The molecule has 0 aromatic heterocycles. The van der Waals surface area contributed by atoms with E-state index in [4.69, 9.17) is 9.47 Å². The first-order chi connectivity index (χ1) is 13.6. The Morgan fingerprint density at radius 1 is 1.18 bits per heavy atom. The van der Waals surface area contributed by atoms with E-state index in [0.717, 1.165) is 71.4 Å². The minimum atomic E-state index is -0.242. The molecule has 1 spiro atoms. The first kappa shape index (κ1) is 19.6. The third kappa shape index (κ3) is 4.84. The Morgan fingerprint density at radius 3 is 2.68 bits per heavy atom. The molecule has 6 heteroatoms. The van der Waals surface area contributed by atoms with Gasteiger partial charge in [-0.2, -0.15) is 0 Å². The van der Waals surface area contributed by atoms with Crippen LogP contribution in [0.15, 0.2) is 24.3 Å². The maximum atomic E-state index is 12.9. The molecule has 0 N–H and O–H groups in total. The van der Waals surface area contributed by atoms with E-state index >= 15 is 0 Å². The maximum absolute atomic E-state index is 12.9. The number of likely N-dealkylation sites (tertiary alicyclic amines) is 2. The Balaban J connectivity index is 1.22. The summed E-state index contributed by atoms with van der Waals surface area (Å²) >= 11 is 0. The second-order valence-electron chi connectivity index (χ2n) is 8.55. The predicted octanol–water partition coefficient (Wildman–Crippen LogP) is 3.09. The van der Waals surface area contributed by atoms with Gasteiger partial charge in [-0.15, -0.1) is 0 Å². The number of rotatable bonds is 6. The molecular weight excluding hydrogens is 359 g/mol. The van der Waals surface area contributed by atoms with Crippen LogP contribution < -0.4 is 4.74 Å². The number of hydrogen-bond acceptors (Lipinski definition) is 4. The summed E-state index contributed by atoms with van der Waals surface area (Å²) < 4.78 is 24.4. The Hall–Kier alpha value is -1.66. The first-order valence-electron chi connectivity index (χ1n) is 10.6. The normalized spacial score (nSPS) is 25.4. The lowest BCUT2D eigenvalue weighted by molar-refractivity contribution is -0.141. The van der Waals surface area contributed by atoms with Gasteiger partial charge in [-0.3, -0.25) is 9.69 Å². The van der Waals surface area contributed by atoms with Crippen molar-refractivity contribution < 1.29 is 18.7 Å². The van der Waals surface area contributed by atoms with E-state index in [1.807, 2.05) is 0 Å². The number of nitrogens with zero attached hydrogens (tertiary/aromatic N) is 2. The largest absolute Gasteiger partial charge is 0.492 e. The van der Waals surface area contributed by atoms with Gasteiger partial charge in [0.2, 0.25) is 5.91 Å². The molecule has 0 aliphatic carbocycles. The van der Waals surface area contributed by atoms with Crippen LogP contribution in [0.1, 0.15) is 38.5 Å². The molecular formula is C22H31FN2O3. The summed E-state index contributed by atoms with van der Waals surface area (Å²) in [5.74, 6) is 0.773. The zero-order chi connectivity index (χ0) is 19.4. The van der Waals surface area contributed by atoms with Crippen molar-refractivity contribution in [1.82, 2.24) is 9.80 Å². The summed E-state index contributed by atoms with van der Waals surface area (Å²) in [5, 5.41) is 0. The Kier molecular flexibility index (Phi) is 6.16. The number of carbonyl (C=O) groups is 1. The fraction of sp³-hybridized carbons (Fsp3) is 0.682. The lowest BCUT2D eigenvalue weighted by Gasteiger charge is -2.47. The van der Waals surface area contributed by atoms with Crippen molar-refractivity contribution in [1.29, 1.82) is 0 Å². The third-order valence-electron chi connectivity index (χ3n) is 6.60. The van der Waals surface area contributed by atoms with Crippen LogP contribution in [0.3, 0.4) is 0 Å². The average Bonchev–Trinajstić information content (AvgIpc) is 3.21. The molecule has 0 bridgehead atoms. The van der Waals surface area contributed by atoms with Crippen LogP contribution in [0, 0.1) is 11.2 Å². The Labute approximate surface area is 166 Å². The smallest absolute Gasteiger partial charge is 0.222 e. The zero-order valence-electron chi connectivity index (χ0n) is 16.6. The number of halogens is 1.